The number of unbranched alkanes of at least 4 members (excludes halogenated alkanes) is 5. The third-order valence-electron chi connectivity index (χ3n) is 2.86. The van der Waals surface area contributed by atoms with Gasteiger partial charge in [0.25, 0.3) is 0 Å². The van der Waals surface area contributed by atoms with Gasteiger partial charge in [-0.25, -0.2) is 0 Å². The minimum absolute atomic E-state index is 0.125. The number of aromatic hydroxyl groups is 1. The molecule has 3 nitrogen and oxygen atoms in total. The van der Waals surface area contributed by atoms with Gasteiger partial charge in [-0.3, -0.25) is 0 Å². The van der Waals surface area contributed by atoms with Gasteiger partial charge < -0.3 is 15.3 Å². The topological polar surface area (TPSA) is 60.7 Å². The molecule has 19 heavy (non-hydrogen) atoms. The number of benzene rings is 1. The maximum atomic E-state index is 9.13. The first-order valence-electron chi connectivity index (χ1n) is 7.24. The molecular weight excluding hydrogens is 240 g/mol. The van der Waals surface area contributed by atoms with E-state index >= 15 is 0 Å². The fourth-order valence-corrected chi connectivity index (χ4v) is 1.77. The van der Waals surface area contributed by atoms with E-state index in [2.05, 4.69) is 6.92 Å². The maximum Gasteiger partial charge on any atom is 0.115 e. The molecule has 0 radical (unpaired) electrons. The Morgan fingerprint density at radius 3 is 1.84 bits per heavy atom. The number of rotatable bonds is 8. The van der Waals surface area contributed by atoms with Crippen molar-refractivity contribution < 1.29 is 15.3 Å². The molecule has 1 aromatic carbocycles. The number of hydrogen-bond acceptors (Lipinski definition) is 3. The zero-order valence-corrected chi connectivity index (χ0v) is 12.0. The number of phenolic OH excluding ortho intramolecular Hbond substituents is 1. The highest BCUT2D eigenvalue weighted by molar-refractivity contribution is 5.25. The molecule has 0 spiro atoms. The number of phenols is 1. The Kier molecular flexibility index (Phi) is 12.6. The van der Waals surface area contributed by atoms with Crippen LogP contribution in [-0.2, 0) is 6.42 Å². The predicted molar refractivity (Wildman–Crippen MR) is 79.4 cm³/mol. The van der Waals surface area contributed by atoms with Crippen LogP contribution in [-0.4, -0.2) is 28.5 Å². The molecule has 0 unspecified atom stereocenters. The second-order valence-corrected chi connectivity index (χ2v) is 4.63. The van der Waals surface area contributed by atoms with Gasteiger partial charge in [0.2, 0.25) is 0 Å². The van der Waals surface area contributed by atoms with Gasteiger partial charge in [-0.15, -0.1) is 0 Å². The first-order chi connectivity index (χ1) is 9.24. The summed E-state index contributed by atoms with van der Waals surface area (Å²) < 4.78 is 0. The molecular formula is C16H28O3. The summed E-state index contributed by atoms with van der Waals surface area (Å²) in [7, 11) is 0. The van der Waals surface area contributed by atoms with Crippen LogP contribution in [0.3, 0.4) is 0 Å². The van der Waals surface area contributed by atoms with Crippen LogP contribution in [0.2, 0.25) is 0 Å². The third-order valence-corrected chi connectivity index (χ3v) is 2.86. The molecule has 0 fully saturated rings. The molecule has 0 saturated heterocycles. The maximum absolute atomic E-state index is 9.13. The van der Waals surface area contributed by atoms with Crippen LogP contribution < -0.4 is 0 Å². The summed E-state index contributed by atoms with van der Waals surface area (Å²) in [6.07, 6.45) is 9.19. The number of hydrogen-bond donors (Lipinski definition) is 3. The van der Waals surface area contributed by atoms with E-state index in [0.717, 1.165) is 6.42 Å². The van der Waals surface area contributed by atoms with Crippen molar-refractivity contribution in [2.24, 2.45) is 0 Å². The van der Waals surface area contributed by atoms with Crippen molar-refractivity contribution in [1.82, 2.24) is 0 Å². The van der Waals surface area contributed by atoms with Crippen LogP contribution in [0.1, 0.15) is 51.0 Å². The first kappa shape index (κ1) is 17.9. The van der Waals surface area contributed by atoms with Gasteiger partial charge in [-0.2, -0.15) is 0 Å². The Morgan fingerprint density at radius 2 is 1.32 bits per heavy atom. The van der Waals surface area contributed by atoms with Crippen LogP contribution in [0, 0.1) is 0 Å². The highest BCUT2D eigenvalue weighted by atomic mass is 16.3. The Labute approximate surface area is 116 Å². The summed E-state index contributed by atoms with van der Waals surface area (Å²) in [6.45, 7) is 2.00. The molecule has 110 valence electrons. The Hall–Kier alpha value is -1.06. The SMILES string of the molecule is CCCCCCCCc1ccc(O)cc1.OCCO. The quantitative estimate of drug-likeness (QED) is 0.634. The van der Waals surface area contributed by atoms with Crippen LogP contribution in [0.5, 0.6) is 5.75 Å². The van der Waals surface area contributed by atoms with E-state index in [4.69, 9.17) is 15.3 Å². The second-order valence-electron chi connectivity index (χ2n) is 4.63. The number of aliphatic hydroxyl groups excluding tert-OH is 2. The van der Waals surface area contributed by atoms with E-state index < -0.39 is 0 Å². The highest BCUT2D eigenvalue weighted by Gasteiger charge is 1.94. The van der Waals surface area contributed by atoms with E-state index in [9.17, 15) is 0 Å². The van der Waals surface area contributed by atoms with Gasteiger partial charge in [0.05, 0.1) is 13.2 Å². The standard InChI is InChI=1S/C14H22O.C2H6O2/c1-2-3-4-5-6-7-8-13-9-11-14(15)12-10-13;3-1-2-4/h9-12,15H,2-8H2,1H3;3-4H,1-2H2. The van der Waals surface area contributed by atoms with Gasteiger partial charge in [-0.05, 0) is 30.5 Å². The lowest BCUT2D eigenvalue weighted by atomic mass is 10.1. The van der Waals surface area contributed by atoms with E-state index in [1.165, 1.54) is 44.1 Å². The molecule has 0 aliphatic heterocycles. The molecule has 0 aliphatic rings. The number of aryl methyl sites for hydroxylation is 1. The van der Waals surface area contributed by atoms with Gasteiger partial charge in [0.1, 0.15) is 5.75 Å². The normalized spacial score (nSPS) is 9.84. The van der Waals surface area contributed by atoms with Crippen molar-refractivity contribution in [3.63, 3.8) is 0 Å². The molecule has 1 aromatic rings. The smallest absolute Gasteiger partial charge is 0.115 e. The van der Waals surface area contributed by atoms with Crippen LogP contribution in [0.15, 0.2) is 24.3 Å². The predicted octanol–water partition coefficient (Wildman–Crippen LogP) is 3.27. The largest absolute Gasteiger partial charge is 0.508 e. The minimum atomic E-state index is -0.125. The lowest BCUT2D eigenvalue weighted by Gasteiger charge is -2.02. The van der Waals surface area contributed by atoms with Gasteiger partial charge >= 0.3 is 0 Å². The van der Waals surface area contributed by atoms with Gasteiger partial charge in [0, 0.05) is 0 Å². The molecule has 0 saturated carbocycles. The van der Waals surface area contributed by atoms with E-state index in [1.54, 1.807) is 12.1 Å². The van der Waals surface area contributed by atoms with Crippen LogP contribution in [0.25, 0.3) is 0 Å². The van der Waals surface area contributed by atoms with E-state index in [1.807, 2.05) is 12.1 Å². The average Bonchev–Trinajstić information content (AvgIpc) is 2.45. The third kappa shape index (κ3) is 11.7. The van der Waals surface area contributed by atoms with Crippen molar-refractivity contribution in [3.8, 4) is 5.75 Å². The molecule has 1 rings (SSSR count). The summed E-state index contributed by atoms with van der Waals surface area (Å²) in [5.41, 5.74) is 1.34. The molecule has 3 heteroatoms. The lowest BCUT2D eigenvalue weighted by Crippen LogP contribution is -1.85. The highest BCUT2D eigenvalue weighted by Crippen LogP contribution is 2.13. The van der Waals surface area contributed by atoms with Gasteiger partial charge in [0.15, 0.2) is 0 Å². The summed E-state index contributed by atoms with van der Waals surface area (Å²) in [6, 6.07) is 7.57. The molecule has 0 amide bonds. The zero-order valence-electron chi connectivity index (χ0n) is 12.0. The van der Waals surface area contributed by atoms with Crippen molar-refractivity contribution in [3.05, 3.63) is 29.8 Å². The molecule has 0 heterocycles. The molecule has 0 aliphatic carbocycles. The molecule has 3 N–H and O–H groups in total. The van der Waals surface area contributed by atoms with E-state index in [0.29, 0.717) is 5.75 Å². The number of aliphatic hydroxyl groups is 2. The van der Waals surface area contributed by atoms with Crippen LogP contribution >= 0.6 is 0 Å². The fourth-order valence-electron chi connectivity index (χ4n) is 1.77. The lowest BCUT2D eigenvalue weighted by molar-refractivity contribution is 0.186. The monoisotopic (exact) mass is 268 g/mol. The summed E-state index contributed by atoms with van der Waals surface area (Å²) in [5.74, 6) is 0.363. The zero-order chi connectivity index (χ0) is 14.3. The Balaban J connectivity index is 0.000000711. The van der Waals surface area contributed by atoms with Crippen molar-refractivity contribution in [2.75, 3.05) is 13.2 Å². The first-order valence-corrected chi connectivity index (χ1v) is 7.24. The molecule has 0 atom stereocenters. The average molecular weight is 268 g/mol. The minimum Gasteiger partial charge on any atom is -0.508 e. The Morgan fingerprint density at radius 1 is 0.789 bits per heavy atom. The molecule has 0 bridgehead atoms. The summed E-state index contributed by atoms with van der Waals surface area (Å²) >= 11 is 0. The van der Waals surface area contributed by atoms with Gasteiger partial charge in [-0.1, -0.05) is 51.2 Å². The molecule has 0 aromatic heterocycles. The summed E-state index contributed by atoms with van der Waals surface area (Å²) in [4.78, 5) is 0. The van der Waals surface area contributed by atoms with Crippen molar-refractivity contribution in [2.45, 2.75) is 51.9 Å². The fraction of sp³-hybridized carbons (Fsp3) is 0.625. The van der Waals surface area contributed by atoms with Crippen LogP contribution in [0.4, 0.5) is 0 Å². The summed E-state index contributed by atoms with van der Waals surface area (Å²) in [5, 5.41) is 24.4. The van der Waals surface area contributed by atoms with Crippen molar-refractivity contribution in [1.29, 1.82) is 0 Å². The second kappa shape index (κ2) is 13.4. The Bertz CT molecular complexity index is 281. The van der Waals surface area contributed by atoms with E-state index in [-0.39, 0.29) is 13.2 Å². The van der Waals surface area contributed by atoms with Crippen molar-refractivity contribution >= 4 is 0 Å².